The molecule has 2 nitrogen and oxygen atoms in total. The summed E-state index contributed by atoms with van der Waals surface area (Å²) in [5, 5.41) is 2.34. The molecule has 0 spiro atoms. The Morgan fingerprint density at radius 2 is 2.15 bits per heavy atom. The molecule has 0 radical (unpaired) electrons. The van der Waals surface area contributed by atoms with E-state index < -0.39 is 0 Å². The molecule has 2 rings (SSSR count). The summed E-state index contributed by atoms with van der Waals surface area (Å²) >= 11 is 12.8. The Morgan fingerprint density at radius 1 is 1.31 bits per heavy atom. The molecule has 2 aromatic rings. The first kappa shape index (κ1) is 8.94. The standard InChI is InChI=1S/C8H4Cl2N2S/c9-7-3-5(1-2-11-7)6-4-13-8(10)12-6/h1-4H. The Balaban J connectivity index is 2.46. The van der Waals surface area contributed by atoms with Gasteiger partial charge in [-0.3, -0.25) is 0 Å². The average Bonchev–Trinajstić information content (AvgIpc) is 2.52. The van der Waals surface area contributed by atoms with Crippen molar-refractivity contribution in [2.75, 3.05) is 0 Å². The van der Waals surface area contributed by atoms with Crippen LogP contribution in [0.15, 0.2) is 23.7 Å². The molecule has 66 valence electrons. The molecule has 0 aliphatic rings. The zero-order valence-electron chi connectivity index (χ0n) is 6.37. The summed E-state index contributed by atoms with van der Waals surface area (Å²) in [6.07, 6.45) is 1.64. The third-order valence-corrected chi connectivity index (χ3v) is 2.68. The monoisotopic (exact) mass is 230 g/mol. The molecular weight excluding hydrogens is 227 g/mol. The number of aromatic nitrogens is 2. The normalized spacial score (nSPS) is 10.3. The predicted octanol–water partition coefficient (Wildman–Crippen LogP) is 3.51. The quantitative estimate of drug-likeness (QED) is 0.702. The topological polar surface area (TPSA) is 25.8 Å². The number of hydrogen-bond acceptors (Lipinski definition) is 3. The van der Waals surface area contributed by atoms with Crippen LogP contribution in [0.3, 0.4) is 0 Å². The number of pyridine rings is 1. The fraction of sp³-hybridized carbons (Fsp3) is 0. The van der Waals surface area contributed by atoms with Crippen LogP contribution in [0.2, 0.25) is 9.62 Å². The minimum absolute atomic E-state index is 0.460. The van der Waals surface area contributed by atoms with Crippen molar-refractivity contribution in [3.05, 3.63) is 33.3 Å². The van der Waals surface area contributed by atoms with Crippen molar-refractivity contribution in [1.29, 1.82) is 0 Å². The van der Waals surface area contributed by atoms with Gasteiger partial charge >= 0.3 is 0 Å². The van der Waals surface area contributed by atoms with Crippen LogP contribution in [-0.2, 0) is 0 Å². The first-order chi connectivity index (χ1) is 6.25. The largest absolute Gasteiger partial charge is 0.245 e. The van der Waals surface area contributed by atoms with E-state index in [1.54, 1.807) is 12.3 Å². The summed E-state index contributed by atoms with van der Waals surface area (Å²) in [7, 11) is 0. The second-order valence-corrected chi connectivity index (χ2v) is 4.18. The third-order valence-electron chi connectivity index (χ3n) is 1.50. The van der Waals surface area contributed by atoms with Crippen molar-refractivity contribution in [2.45, 2.75) is 0 Å². The van der Waals surface area contributed by atoms with Crippen LogP contribution in [0, 0.1) is 0 Å². The number of thiazole rings is 1. The van der Waals surface area contributed by atoms with Crippen LogP contribution < -0.4 is 0 Å². The Bertz CT molecular complexity index is 428. The molecule has 13 heavy (non-hydrogen) atoms. The molecular formula is C8H4Cl2N2S. The maximum Gasteiger partial charge on any atom is 0.184 e. The molecule has 0 aliphatic carbocycles. The highest BCUT2D eigenvalue weighted by Gasteiger charge is 2.02. The van der Waals surface area contributed by atoms with Crippen molar-refractivity contribution in [3.8, 4) is 11.3 Å². The number of rotatable bonds is 1. The SMILES string of the molecule is Clc1cc(-c2csc(Cl)n2)ccn1. The second kappa shape index (κ2) is 3.62. The van der Waals surface area contributed by atoms with Crippen LogP contribution in [0.4, 0.5) is 0 Å². The summed E-state index contributed by atoms with van der Waals surface area (Å²) in [5.74, 6) is 0. The highest BCUT2D eigenvalue weighted by Crippen LogP contribution is 2.25. The van der Waals surface area contributed by atoms with Crippen molar-refractivity contribution in [3.63, 3.8) is 0 Å². The third kappa shape index (κ3) is 1.99. The van der Waals surface area contributed by atoms with Crippen molar-refractivity contribution >= 4 is 34.5 Å². The molecule has 0 saturated carbocycles. The molecule has 0 amide bonds. The van der Waals surface area contributed by atoms with Crippen molar-refractivity contribution in [2.24, 2.45) is 0 Å². The second-order valence-electron chi connectivity index (χ2n) is 2.35. The summed E-state index contributed by atoms with van der Waals surface area (Å²) in [6.45, 7) is 0. The predicted molar refractivity (Wildman–Crippen MR) is 55.4 cm³/mol. The van der Waals surface area contributed by atoms with Crippen LogP contribution in [0.25, 0.3) is 11.3 Å². The first-order valence-corrected chi connectivity index (χ1v) is 5.12. The highest BCUT2D eigenvalue weighted by molar-refractivity contribution is 7.14. The van der Waals surface area contributed by atoms with E-state index in [4.69, 9.17) is 23.2 Å². The van der Waals surface area contributed by atoms with Gasteiger partial charge in [0.25, 0.3) is 0 Å². The number of hydrogen-bond donors (Lipinski definition) is 0. The lowest BCUT2D eigenvalue weighted by Gasteiger charge is -1.94. The van der Waals surface area contributed by atoms with Gasteiger partial charge in [0.05, 0.1) is 5.69 Å². The Labute approximate surface area is 89.2 Å². The van der Waals surface area contributed by atoms with Gasteiger partial charge in [0.2, 0.25) is 0 Å². The summed E-state index contributed by atoms with van der Waals surface area (Å²) in [4.78, 5) is 8.00. The van der Waals surface area contributed by atoms with Crippen LogP contribution in [0.5, 0.6) is 0 Å². The highest BCUT2D eigenvalue weighted by atomic mass is 35.5. The van der Waals surface area contributed by atoms with E-state index in [1.807, 2.05) is 11.4 Å². The molecule has 0 N–H and O–H groups in total. The van der Waals surface area contributed by atoms with Gasteiger partial charge in [-0.15, -0.1) is 11.3 Å². The van der Waals surface area contributed by atoms with E-state index in [0.29, 0.717) is 9.62 Å². The zero-order chi connectivity index (χ0) is 9.26. The Kier molecular flexibility index (Phi) is 2.49. The van der Waals surface area contributed by atoms with Crippen molar-refractivity contribution in [1.82, 2.24) is 9.97 Å². The maximum absolute atomic E-state index is 5.73. The van der Waals surface area contributed by atoms with Crippen LogP contribution in [0.1, 0.15) is 0 Å². The Hall–Kier alpha value is -0.640. The average molecular weight is 231 g/mol. The fourth-order valence-corrected chi connectivity index (χ4v) is 1.89. The first-order valence-electron chi connectivity index (χ1n) is 3.48. The van der Waals surface area contributed by atoms with E-state index in [1.165, 1.54) is 11.3 Å². The fourth-order valence-electron chi connectivity index (χ4n) is 0.946. The van der Waals surface area contributed by atoms with E-state index in [9.17, 15) is 0 Å². The molecule has 2 aromatic heterocycles. The summed E-state index contributed by atoms with van der Waals surface area (Å²) in [5.41, 5.74) is 1.77. The molecule has 0 unspecified atom stereocenters. The summed E-state index contributed by atoms with van der Waals surface area (Å²) < 4.78 is 0.530. The van der Waals surface area contributed by atoms with Gasteiger partial charge < -0.3 is 0 Å². The molecule has 0 bridgehead atoms. The van der Waals surface area contributed by atoms with Gasteiger partial charge in [-0.1, -0.05) is 23.2 Å². The van der Waals surface area contributed by atoms with E-state index in [2.05, 4.69) is 9.97 Å². The smallest absolute Gasteiger partial charge is 0.184 e. The minimum Gasteiger partial charge on any atom is -0.245 e. The lowest BCUT2D eigenvalue weighted by Crippen LogP contribution is -1.79. The Morgan fingerprint density at radius 3 is 2.77 bits per heavy atom. The maximum atomic E-state index is 5.73. The van der Waals surface area contributed by atoms with E-state index >= 15 is 0 Å². The lowest BCUT2D eigenvalue weighted by atomic mass is 10.2. The molecule has 0 fully saturated rings. The molecule has 0 saturated heterocycles. The zero-order valence-corrected chi connectivity index (χ0v) is 8.70. The number of nitrogens with zero attached hydrogens (tertiary/aromatic N) is 2. The van der Waals surface area contributed by atoms with Gasteiger partial charge in [0.1, 0.15) is 5.15 Å². The van der Waals surface area contributed by atoms with Gasteiger partial charge in [-0.2, -0.15) is 0 Å². The molecule has 0 atom stereocenters. The van der Waals surface area contributed by atoms with Crippen LogP contribution >= 0.6 is 34.5 Å². The van der Waals surface area contributed by atoms with Gasteiger partial charge in [0, 0.05) is 17.1 Å². The van der Waals surface area contributed by atoms with Gasteiger partial charge in [-0.25, -0.2) is 9.97 Å². The van der Waals surface area contributed by atoms with Gasteiger partial charge in [-0.05, 0) is 12.1 Å². The molecule has 0 aromatic carbocycles. The van der Waals surface area contributed by atoms with E-state index in [-0.39, 0.29) is 0 Å². The molecule has 5 heteroatoms. The molecule has 2 heterocycles. The van der Waals surface area contributed by atoms with E-state index in [0.717, 1.165) is 11.3 Å². The lowest BCUT2D eigenvalue weighted by molar-refractivity contribution is 1.31. The minimum atomic E-state index is 0.460. The number of halogens is 2. The van der Waals surface area contributed by atoms with Crippen molar-refractivity contribution < 1.29 is 0 Å². The molecule has 0 aliphatic heterocycles. The van der Waals surface area contributed by atoms with Crippen LogP contribution in [-0.4, -0.2) is 9.97 Å². The van der Waals surface area contributed by atoms with Gasteiger partial charge in [0.15, 0.2) is 4.47 Å². The summed E-state index contributed by atoms with van der Waals surface area (Å²) in [6, 6.07) is 3.60.